The van der Waals surface area contributed by atoms with Crippen LogP contribution in [0, 0.1) is 0 Å². The summed E-state index contributed by atoms with van der Waals surface area (Å²) in [4.78, 5) is 9.15. The quantitative estimate of drug-likeness (QED) is 0.863. The van der Waals surface area contributed by atoms with Crippen molar-refractivity contribution in [1.82, 2.24) is 9.88 Å². The molecule has 4 heteroatoms. The molecule has 2 fully saturated rings. The fraction of sp³-hybridized carbons (Fsp3) is 0.643. The number of nitrogens with zero attached hydrogens (tertiary/aromatic N) is 3. The fourth-order valence-electron chi connectivity index (χ4n) is 3.25. The third-order valence-electron chi connectivity index (χ3n) is 4.29. The molecule has 2 aliphatic rings. The zero-order chi connectivity index (χ0) is 12.4. The molecule has 2 heterocycles. The molecule has 1 aromatic rings. The van der Waals surface area contributed by atoms with E-state index in [0.717, 1.165) is 19.1 Å². The Hall–Kier alpha value is -1.29. The normalized spacial score (nSPS) is 22.6. The molecular formula is C14H22N4. The van der Waals surface area contributed by atoms with E-state index in [9.17, 15) is 0 Å². The van der Waals surface area contributed by atoms with Crippen LogP contribution in [0.3, 0.4) is 0 Å². The maximum Gasteiger partial charge on any atom is 0.125 e. The number of pyridine rings is 1. The number of hydrogen-bond acceptors (Lipinski definition) is 4. The van der Waals surface area contributed by atoms with Crippen LogP contribution in [0.15, 0.2) is 18.3 Å². The molecule has 2 N–H and O–H groups in total. The third-order valence-corrected chi connectivity index (χ3v) is 4.29. The zero-order valence-electron chi connectivity index (χ0n) is 10.9. The Labute approximate surface area is 109 Å². The molecule has 98 valence electrons. The minimum atomic E-state index is 0.616. The van der Waals surface area contributed by atoms with E-state index >= 15 is 0 Å². The molecule has 1 aromatic heterocycles. The van der Waals surface area contributed by atoms with Crippen LogP contribution in [0.2, 0.25) is 0 Å². The van der Waals surface area contributed by atoms with Gasteiger partial charge in [0.2, 0.25) is 0 Å². The van der Waals surface area contributed by atoms with Gasteiger partial charge in [0.25, 0.3) is 0 Å². The summed E-state index contributed by atoms with van der Waals surface area (Å²) < 4.78 is 0. The first-order chi connectivity index (χ1) is 8.83. The Kier molecular flexibility index (Phi) is 3.37. The van der Waals surface area contributed by atoms with Crippen LogP contribution in [-0.4, -0.2) is 42.1 Å². The van der Waals surface area contributed by atoms with E-state index in [-0.39, 0.29) is 0 Å². The summed E-state index contributed by atoms with van der Waals surface area (Å²) in [6.45, 7) is 4.60. The van der Waals surface area contributed by atoms with Crippen molar-refractivity contribution < 1.29 is 0 Å². The summed E-state index contributed by atoms with van der Waals surface area (Å²) in [7, 11) is 0. The highest BCUT2D eigenvalue weighted by atomic mass is 15.3. The predicted octanol–water partition coefficient (Wildman–Crippen LogP) is 1.73. The molecule has 0 spiro atoms. The van der Waals surface area contributed by atoms with Crippen LogP contribution in [-0.2, 0) is 0 Å². The number of hydrogen-bond donors (Lipinski definition) is 1. The molecule has 3 rings (SSSR count). The number of rotatable bonds is 2. The van der Waals surface area contributed by atoms with Crippen LogP contribution in [0.4, 0.5) is 11.5 Å². The molecule has 1 aliphatic carbocycles. The van der Waals surface area contributed by atoms with Gasteiger partial charge in [-0.1, -0.05) is 12.8 Å². The van der Waals surface area contributed by atoms with Crippen LogP contribution >= 0.6 is 0 Å². The summed E-state index contributed by atoms with van der Waals surface area (Å²) in [5.41, 5.74) is 6.96. The van der Waals surface area contributed by atoms with Crippen LogP contribution in [0.25, 0.3) is 0 Å². The van der Waals surface area contributed by atoms with E-state index < -0.39 is 0 Å². The Morgan fingerprint density at radius 3 is 2.50 bits per heavy atom. The lowest BCUT2D eigenvalue weighted by Crippen LogP contribution is -2.49. The van der Waals surface area contributed by atoms with Crippen molar-refractivity contribution in [2.45, 2.75) is 31.7 Å². The Morgan fingerprint density at radius 2 is 1.83 bits per heavy atom. The Morgan fingerprint density at radius 1 is 1.11 bits per heavy atom. The van der Waals surface area contributed by atoms with Gasteiger partial charge in [-0.15, -0.1) is 0 Å². The summed E-state index contributed by atoms with van der Waals surface area (Å²) in [5.74, 6) is 0.616. The van der Waals surface area contributed by atoms with Crippen molar-refractivity contribution in [3.05, 3.63) is 18.3 Å². The number of anilines is 2. The second-order valence-corrected chi connectivity index (χ2v) is 5.40. The SMILES string of the molecule is Nc1cc(N2CCN(C3CCCC3)CC2)ccn1. The smallest absolute Gasteiger partial charge is 0.125 e. The first-order valence-electron chi connectivity index (χ1n) is 7.03. The van der Waals surface area contributed by atoms with E-state index in [4.69, 9.17) is 5.73 Å². The minimum Gasteiger partial charge on any atom is -0.384 e. The number of aromatic nitrogens is 1. The van der Waals surface area contributed by atoms with Crippen molar-refractivity contribution in [3.63, 3.8) is 0 Å². The molecule has 0 aromatic carbocycles. The predicted molar refractivity (Wildman–Crippen MR) is 74.7 cm³/mol. The van der Waals surface area contributed by atoms with Gasteiger partial charge in [-0.05, 0) is 18.9 Å². The monoisotopic (exact) mass is 246 g/mol. The van der Waals surface area contributed by atoms with Crippen molar-refractivity contribution in [1.29, 1.82) is 0 Å². The number of nitrogen functional groups attached to an aromatic ring is 1. The van der Waals surface area contributed by atoms with Gasteiger partial charge in [-0.2, -0.15) is 0 Å². The van der Waals surface area contributed by atoms with Gasteiger partial charge >= 0.3 is 0 Å². The summed E-state index contributed by atoms with van der Waals surface area (Å²) in [5, 5.41) is 0. The van der Waals surface area contributed by atoms with Crippen LogP contribution < -0.4 is 10.6 Å². The van der Waals surface area contributed by atoms with E-state index in [1.807, 2.05) is 6.07 Å². The van der Waals surface area contributed by atoms with Gasteiger partial charge in [0.1, 0.15) is 5.82 Å². The zero-order valence-corrected chi connectivity index (χ0v) is 10.9. The summed E-state index contributed by atoms with van der Waals surface area (Å²) in [6.07, 6.45) is 7.45. The van der Waals surface area contributed by atoms with E-state index in [1.165, 1.54) is 44.5 Å². The lowest BCUT2D eigenvalue weighted by atomic mass is 10.1. The topological polar surface area (TPSA) is 45.4 Å². The Balaban J connectivity index is 1.59. The fourth-order valence-corrected chi connectivity index (χ4v) is 3.25. The lowest BCUT2D eigenvalue weighted by molar-refractivity contribution is 0.187. The summed E-state index contributed by atoms with van der Waals surface area (Å²) in [6, 6.07) is 4.89. The van der Waals surface area contributed by atoms with Gasteiger partial charge in [-0.25, -0.2) is 4.98 Å². The van der Waals surface area contributed by atoms with Crippen LogP contribution in [0.5, 0.6) is 0 Å². The van der Waals surface area contributed by atoms with Gasteiger partial charge in [0.15, 0.2) is 0 Å². The first kappa shape index (κ1) is 11.8. The molecule has 1 saturated heterocycles. The molecular weight excluding hydrogens is 224 g/mol. The number of nitrogens with two attached hydrogens (primary N) is 1. The highest BCUT2D eigenvalue weighted by Gasteiger charge is 2.26. The van der Waals surface area contributed by atoms with Crippen LogP contribution in [0.1, 0.15) is 25.7 Å². The van der Waals surface area contributed by atoms with Gasteiger partial charge in [0, 0.05) is 50.2 Å². The van der Waals surface area contributed by atoms with Gasteiger partial charge in [0.05, 0.1) is 0 Å². The summed E-state index contributed by atoms with van der Waals surface area (Å²) >= 11 is 0. The highest BCUT2D eigenvalue weighted by molar-refractivity contribution is 5.52. The molecule has 1 saturated carbocycles. The van der Waals surface area contributed by atoms with Gasteiger partial charge in [-0.3, -0.25) is 4.90 Å². The highest BCUT2D eigenvalue weighted by Crippen LogP contribution is 2.25. The molecule has 0 radical (unpaired) electrons. The molecule has 0 amide bonds. The molecule has 18 heavy (non-hydrogen) atoms. The van der Waals surface area contributed by atoms with E-state index in [2.05, 4.69) is 20.9 Å². The van der Waals surface area contributed by atoms with E-state index in [1.54, 1.807) is 6.20 Å². The molecule has 0 unspecified atom stereocenters. The second kappa shape index (κ2) is 5.14. The standard InChI is InChI=1S/C14H22N4/c15-14-11-13(5-6-16-14)18-9-7-17(8-10-18)12-3-1-2-4-12/h5-6,11-12H,1-4,7-10H2,(H2,15,16). The largest absolute Gasteiger partial charge is 0.384 e. The van der Waals surface area contributed by atoms with Crippen molar-refractivity contribution >= 4 is 11.5 Å². The minimum absolute atomic E-state index is 0.616. The van der Waals surface area contributed by atoms with E-state index in [0.29, 0.717) is 5.82 Å². The average molecular weight is 246 g/mol. The molecule has 4 nitrogen and oxygen atoms in total. The lowest BCUT2D eigenvalue weighted by Gasteiger charge is -2.39. The van der Waals surface area contributed by atoms with Crippen molar-refractivity contribution in [2.24, 2.45) is 0 Å². The maximum absolute atomic E-state index is 5.74. The Bertz CT molecular complexity index is 393. The van der Waals surface area contributed by atoms with Crippen molar-refractivity contribution in [2.75, 3.05) is 36.8 Å². The molecule has 1 aliphatic heterocycles. The molecule has 0 bridgehead atoms. The van der Waals surface area contributed by atoms with Gasteiger partial charge < -0.3 is 10.6 Å². The first-order valence-corrected chi connectivity index (χ1v) is 7.03. The average Bonchev–Trinajstić information content (AvgIpc) is 2.93. The number of piperazine rings is 1. The maximum atomic E-state index is 5.74. The molecule has 0 atom stereocenters. The third kappa shape index (κ3) is 2.43. The van der Waals surface area contributed by atoms with Crippen molar-refractivity contribution in [3.8, 4) is 0 Å². The second-order valence-electron chi connectivity index (χ2n) is 5.40.